The van der Waals surface area contributed by atoms with Gasteiger partial charge in [0.15, 0.2) is 5.75 Å². The van der Waals surface area contributed by atoms with Gasteiger partial charge >= 0.3 is 12.1 Å². The van der Waals surface area contributed by atoms with Crippen LogP contribution in [0.4, 0.5) is 10.5 Å². The molecule has 0 amide bonds. The quantitative estimate of drug-likeness (QED) is 0.368. The summed E-state index contributed by atoms with van der Waals surface area (Å²) in [6.07, 6.45) is 0.673. The highest BCUT2D eigenvalue weighted by Crippen LogP contribution is 2.28. The van der Waals surface area contributed by atoms with Crippen LogP contribution in [0.1, 0.15) is 35.7 Å². The average Bonchev–Trinajstić information content (AvgIpc) is 2.35. The third-order valence-corrected chi connectivity index (χ3v) is 2.58. The van der Waals surface area contributed by atoms with Gasteiger partial charge in [-0.1, -0.05) is 13.3 Å². The fourth-order valence-electron chi connectivity index (χ4n) is 1.42. The number of nitrogen functional groups attached to an aromatic ring is 1. The molecule has 0 aromatic heterocycles. The van der Waals surface area contributed by atoms with Crippen molar-refractivity contribution < 1.29 is 24.2 Å². The van der Waals surface area contributed by atoms with E-state index in [4.69, 9.17) is 20.3 Å². The van der Waals surface area contributed by atoms with Gasteiger partial charge in [0.1, 0.15) is 5.56 Å². The third kappa shape index (κ3) is 3.87. The number of aromatic carboxylic acids is 1. The van der Waals surface area contributed by atoms with E-state index in [1.54, 1.807) is 6.92 Å². The van der Waals surface area contributed by atoms with E-state index < -0.39 is 12.1 Å². The van der Waals surface area contributed by atoms with Crippen LogP contribution in [0.5, 0.6) is 5.75 Å². The van der Waals surface area contributed by atoms with Gasteiger partial charge < -0.3 is 20.3 Å². The number of benzene rings is 1. The number of unbranched alkanes of at least 4 members (excludes halogenated alkanes) is 1. The standard InChI is InChI=1S/C13H17NO5/c1-3-4-7-18-13(17)19-11-8(2)10(14)6-5-9(11)12(15)16/h5-6H,3-4,7,14H2,1-2H3,(H,15,16). The van der Waals surface area contributed by atoms with Crippen molar-refractivity contribution in [3.63, 3.8) is 0 Å². The Bertz CT molecular complexity index is 484. The molecule has 0 heterocycles. The summed E-state index contributed by atoms with van der Waals surface area (Å²) >= 11 is 0. The molecular weight excluding hydrogens is 250 g/mol. The van der Waals surface area contributed by atoms with Gasteiger partial charge in [0.25, 0.3) is 0 Å². The molecule has 1 aromatic carbocycles. The molecule has 0 saturated carbocycles. The van der Waals surface area contributed by atoms with Crippen molar-refractivity contribution in [1.29, 1.82) is 0 Å². The average molecular weight is 267 g/mol. The van der Waals surface area contributed by atoms with E-state index in [1.165, 1.54) is 12.1 Å². The van der Waals surface area contributed by atoms with Gasteiger partial charge in [-0.15, -0.1) is 0 Å². The predicted octanol–water partition coefficient (Wildman–Crippen LogP) is 2.59. The first-order valence-electron chi connectivity index (χ1n) is 5.94. The molecule has 0 aliphatic rings. The monoisotopic (exact) mass is 267 g/mol. The van der Waals surface area contributed by atoms with E-state index >= 15 is 0 Å². The lowest BCUT2D eigenvalue weighted by molar-refractivity contribution is 0.0689. The summed E-state index contributed by atoms with van der Waals surface area (Å²) in [5, 5.41) is 9.04. The van der Waals surface area contributed by atoms with Crippen molar-refractivity contribution in [3.8, 4) is 5.75 Å². The minimum atomic E-state index is -1.19. The van der Waals surface area contributed by atoms with Crippen LogP contribution >= 0.6 is 0 Å². The zero-order chi connectivity index (χ0) is 14.4. The maximum absolute atomic E-state index is 11.4. The minimum Gasteiger partial charge on any atom is -0.478 e. The molecule has 1 rings (SSSR count). The molecule has 0 spiro atoms. The molecule has 0 radical (unpaired) electrons. The predicted molar refractivity (Wildman–Crippen MR) is 69.4 cm³/mol. The molecule has 0 bridgehead atoms. The first-order chi connectivity index (χ1) is 8.97. The summed E-state index contributed by atoms with van der Waals surface area (Å²) in [6.45, 7) is 3.77. The van der Waals surface area contributed by atoms with Crippen LogP contribution in [0.15, 0.2) is 12.1 Å². The number of carboxylic acids is 1. The lowest BCUT2D eigenvalue weighted by Gasteiger charge is -2.12. The normalized spacial score (nSPS) is 10.0. The zero-order valence-corrected chi connectivity index (χ0v) is 10.9. The number of carbonyl (C=O) groups is 2. The SMILES string of the molecule is CCCCOC(=O)Oc1c(C(=O)O)ccc(N)c1C. The molecule has 1 aromatic rings. The van der Waals surface area contributed by atoms with Crippen LogP contribution in [-0.2, 0) is 4.74 Å². The van der Waals surface area contributed by atoms with Crippen LogP contribution in [0.25, 0.3) is 0 Å². The van der Waals surface area contributed by atoms with E-state index in [0.717, 1.165) is 12.8 Å². The van der Waals surface area contributed by atoms with Gasteiger partial charge in [-0.3, -0.25) is 0 Å². The summed E-state index contributed by atoms with van der Waals surface area (Å²) in [6, 6.07) is 2.74. The van der Waals surface area contributed by atoms with E-state index in [-0.39, 0.29) is 17.9 Å². The zero-order valence-electron chi connectivity index (χ0n) is 10.9. The highest BCUT2D eigenvalue weighted by molar-refractivity contribution is 5.93. The molecule has 0 fully saturated rings. The number of carboxylic acid groups (broad SMARTS) is 1. The summed E-state index contributed by atoms with van der Waals surface area (Å²) in [5.41, 5.74) is 6.28. The van der Waals surface area contributed by atoms with Crippen LogP contribution in [0.2, 0.25) is 0 Å². The molecule has 0 aliphatic carbocycles. The van der Waals surface area contributed by atoms with Crippen molar-refractivity contribution in [2.24, 2.45) is 0 Å². The molecule has 3 N–H and O–H groups in total. The second-order valence-corrected chi connectivity index (χ2v) is 4.02. The smallest absolute Gasteiger partial charge is 0.478 e. The first-order valence-corrected chi connectivity index (χ1v) is 5.94. The molecule has 0 saturated heterocycles. The minimum absolute atomic E-state index is 0.0750. The molecule has 0 atom stereocenters. The van der Waals surface area contributed by atoms with Crippen LogP contribution in [0.3, 0.4) is 0 Å². The van der Waals surface area contributed by atoms with Gasteiger partial charge in [-0.25, -0.2) is 9.59 Å². The van der Waals surface area contributed by atoms with Crippen LogP contribution in [-0.4, -0.2) is 23.8 Å². The Hall–Kier alpha value is -2.24. The maximum Gasteiger partial charge on any atom is 0.513 e. The highest BCUT2D eigenvalue weighted by atomic mass is 16.7. The number of nitrogens with two attached hydrogens (primary N) is 1. The van der Waals surface area contributed by atoms with E-state index in [0.29, 0.717) is 11.3 Å². The molecule has 6 heteroatoms. The maximum atomic E-state index is 11.4. The number of hydrogen-bond acceptors (Lipinski definition) is 5. The van der Waals surface area contributed by atoms with Gasteiger partial charge in [0, 0.05) is 11.3 Å². The highest BCUT2D eigenvalue weighted by Gasteiger charge is 2.19. The second kappa shape index (κ2) is 6.63. The Kier molecular flexibility index (Phi) is 5.17. The number of carbonyl (C=O) groups excluding carboxylic acids is 1. The molecular formula is C13H17NO5. The van der Waals surface area contributed by atoms with Crippen molar-refractivity contribution in [2.75, 3.05) is 12.3 Å². The summed E-state index contributed by atoms with van der Waals surface area (Å²) in [7, 11) is 0. The van der Waals surface area contributed by atoms with Gasteiger partial charge in [-0.05, 0) is 25.5 Å². The number of ether oxygens (including phenoxy) is 2. The van der Waals surface area contributed by atoms with E-state index in [1.807, 2.05) is 6.92 Å². The van der Waals surface area contributed by atoms with Gasteiger partial charge in [0.05, 0.1) is 6.61 Å². The van der Waals surface area contributed by atoms with Crippen molar-refractivity contribution >= 4 is 17.8 Å². The Morgan fingerprint density at radius 2 is 2.05 bits per heavy atom. The number of rotatable bonds is 5. The Balaban J connectivity index is 2.89. The molecule has 19 heavy (non-hydrogen) atoms. The summed E-state index contributed by atoms with van der Waals surface area (Å²) in [5.74, 6) is -1.27. The fraction of sp³-hybridized carbons (Fsp3) is 0.385. The molecule has 0 unspecified atom stereocenters. The molecule has 6 nitrogen and oxygen atoms in total. The van der Waals surface area contributed by atoms with Crippen molar-refractivity contribution in [1.82, 2.24) is 0 Å². The van der Waals surface area contributed by atoms with E-state index in [2.05, 4.69) is 0 Å². The van der Waals surface area contributed by atoms with Gasteiger partial charge in [0.2, 0.25) is 0 Å². The topological polar surface area (TPSA) is 98.8 Å². The summed E-state index contributed by atoms with van der Waals surface area (Å²) in [4.78, 5) is 22.5. The van der Waals surface area contributed by atoms with Crippen molar-refractivity contribution in [3.05, 3.63) is 23.3 Å². The molecule has 104 valence electrons. The fourth-order valence-corrected chi connectivity index (χ4v) is 1.42. The Morgan fingerprint density at radius 1 is 1.37 bits per heavy atom. The number of anilines is 1. The lowest BCUT2D eigenvalue weighted by atomic mass is 10.1. The van der Waals surface area contributed by atoms with Crippen LogP contribution in [0, 0.1) is 6.92 Å². The molecule has 0 aliphatic heterocycles. The third-order valence-electron chi connectivity index (χ3n) is 2.58. The first kappa shape index (κ1) is 14.8. The lowest BCUT2D eigenvalue weighted by Crippen LogP contribution is -2.15. The largest absolute Gasteiger partial charge is 0.513 e. The second-order valence-electron chi connectivity index (χ2n) is 4.02. The van der Waals surface area contributed by atoms with Crippen LogP contribution < -0.4 is 10.5 Å². The Labute approximate surface area is 111 Å². The Morgan fingerprint density at radius 3 is 2.63 bits per heavy atom. The van der Waals surface area contributed by atoms with E-state index in [9.17, 15) is 9.59 Å². The number of hydrogen-bond donors (Lipinski definition) is 2. The van der Waals surface area contributed by atoms with Gasteiger partial charge in [-0.2, -0.15) is 0 Å². The summed E-state index contributed by atoms with van der Waals surface area (Å²) < 4.78 is 9.76. The van der Waals surface area contributed by atoms with Crippen molar-refractivity contribution in [2.45, 2.75) is 26.7 Å².